The molecule has 0 saturated carbocycles. The first-order valence-corrected chi connectivity index (χ1v) is 10.3. The molecule has 144 valence electrons. The Hall–Kier alpha value is -3.01. The normalized spacial score (nSPS) is 14.9. The van der Waals surface area contributed by atoms with Gasteiger partial charge in [-0.2, -0.15) is 0 Å². The first-order chi connectivity index (χ1) is 14.4. The second-order valence-corrected chi connectivity index (χ2v) is 7.64. The van der Waals surface area contributed by atoms with E-state index in [0.717, 1.165) is 38.2 Å². The van der Waals surface area contributed by atoms with E-state index in [9.17, 15) is 0 Å². The highest BCUT2D eigenvalue weighted by Crippen LogP contribution is 2.30. The lowest BCUT2D eigenvalue weighted by Crippen LogP contribution is -2.42. The van der Waals surface area contributed by atoms with Gasteiger partial charge in [-0.25, -0.2) is 0 Å². The zero-order chi connectivity index (χ0) is 19.5. The number of nitrogens with one attached hydrogen (secondary N) is 1. The van der Waals surface area contributed by atoms with Crippen LogP contribution in [0.1, 0.15) is 5.56 Å². The molecule has 1 aliphatic rings. The van der Waals surface area contributed by atoms with Gasteiger partial charge in [0.25, 0.3) is 0 Å². The summed E-state index contributed by atoms with van der Waals surface area (Å²) in [5.74, 6) is 0. The van der Waals surface area contributed by atoms with E-state index in [1.807, 2.05) is 12.3 Å². The predicted octanol–water partition coefficient (Wildman–Crippen LogP) is 4.97. The van der Waals surface area contributed by atoms with Gasteiger partial charge in [-0.3, -0.25) is 9.88 Å². The molecule has 3 aromatic carbocycles. The Morgan fingerprint density at radius 3 is 2.24 bits per heavy atom. The van der Waals surface area contributed by atoms with Crippen molar-refractivity contribution in [3.05, 3.63) is 90.6 Å². The second kappa shape index (κ2) is 8.16. The van der Waals surface area contributed by atoms with Gasteiger partial charge >= 0.3 is 0 Å². The largest absolute Gasteiger partial charge is 0.314 e. The highest BCUT2D eigenvalue weighted by atomic mass is 15.2. The van der Waals surface area contributed by atoms with Gasteiger partial charge in [0.05, 0.1) is 5.52 Å². The molecule has 0 amide bonds. The molecule has 0 bridgehead atoms. The number of para-hydroxylation sites is 1. The van der Waals surface area contributed by atoms with Crippen molar-refractivity contribution in [2.75, 3.05) is 26.2 Å². The van der Waals surface area contributed by atoms with Gasteiger partial charge in [0.1, 0.15) is 0 Å². The third-order valence-corrected chi connectivity index (χ3v) is 5.76. The molecule has 3 nitrogen and oxygen atoms in total. The van der Waals surface area contributed by atoms with Crippen LogP contribution in [0.4, 0.5) is 0 Å². The van der Waals surface area contributed by atoms with Crippen LogP contribution in [0.3, 0.4) is 0 Å². The van der Waals surface area contributed by atoms with Crippen molar-refractivity contribution in [2.45, 2.75) is 6.54 Å². The summed E-state index contributed by atoms with van der Waals surface area (Å²) in [6, 6.07) is 28.2. The van der Waals surface area contributed by atoms with Crippen molar-refractivity contribution in [3.63, 3.8) is 0 Å². The number of aromatic nitrogens is 1. The van der Waals surface area contributed by atoms with Crippen molar-refractivity contribution >= 4 is 10.9 Å². The third-order valence-electron chi connectivity index (χ3n) is 5.76. The molecule has 0 radical (unpaired) electrons. The Morgan fingerprint density at radius 1 is 0.724 bits per heavy atom. The quantitative estimate of drug-likeness (QED) is 0.542. The van der Waals surface area contributed by atoms with E-state index < -0.39 is 0 Å². The summed E-state index contributed by atoms with van der Waals surface area (Å²) in [7, 11) is 0. The zero-order valence-electron chi connectivity index (χ0n) is 16.5. The highest BCUT2D eigenvalue weighted by molar-refractivity contribution is 5.93. The number of hydrogen-bond donors (Lipinski definition) is 1. The van der Waals surface area contributed by atoms with Crippen LogP contribution < -0.4 is 5.32 Å². The molecule has 3 heteroatoms. The van der Waals surface area contributed by atoms with E-state index in [1.54, 1.807) is 0 Å². The van der Waals surface area contributed by atoms with E-state index in [0.29, 0.717) is 0 Å². The van der Waals surface area contributed by atoms with Crippen LogP contribution in [-0.2, 0) is 6.54 Å². The molecule has 1 saturated heterocycles. The minimum atomic E-state index is 1.01. The predicted molar refractivity (Wildman–Crippen MR) is 121 cm³/mol. The molecule has 0 atom stereocenters. The SMILES string of the molecule is c1ccc(-c2ccc(-c3cccc4cccnc34)cc2)c(CN2CCNCC2)c1. The number of piperazine rings is 1. The number of benzene rings is 3. The van der Waals surface area contributed by atoms with E-state index in [-0.39, 0.29) is 0 Å². The molecule has 1 fully saturated rings. The molecule has 5 rings (SSSR count). The fourth-order valence-corrected chi connectivity index (χ4v) is 4.22. The lowest BCUT2D eigenvalue weighted by Gasteiger charge is -2.28. The molecule has 0 unspecified atom stereocenters. The number of fused-ring (bicyclic) bond motifs is 1. The van der Waals surface area contributed by atoms with Crippen LogP contribution in [0.15, 0.2) is 85.1 Å². The Labute approximate surface area is 172 Å². The van der Waals surface area contributed by atoms with Gasteiger partial charge in [-0.15, -0.1) is 0 Å². The standard InChI is InChI=1S/C26H25N3/c1-2-8-24(23(5-1)19-29-17-15-27-16-18-29)20-10-12-21(13-11-20)25-9-3-6-22-7-4-14-28-26(22)25/h1-14,27H,15-19H2. The Bertz CT molecular complexity index is 1110. The molecular weight excluding hydrogens is 354 g/mol. The van der Waals surface area contributed by atoms with Crippen molar-refractivity contribution in [1.82, 2.24) is 15.2 Å². The maximum Gasteiger partial charge on any atom is 0.0780 e. The van der Waals surface area contributed by atoms with Crippen LogP contribution in [-0.4, -0.2) is 36.1 Å². The lowest BCUT2D eigenvalue weighted by molar-refractivity contribution is 0.233. The molecule has 1 N–H and O–H groups in total. The van der Waals surface area contributed by atoms with E-state index in [1.165, 1.54) is 33.2 Å². The summed E-state index contributed by atoms with van der Waals surface area (Å²) < 4.78 is 0. The van der Waals surface area contributed by atoms with Gasteiger partial charge in [0.15, 0.2) is 0 Å². The first-order valence-electron chi connectivity index (χ1n) is 10.3. The molecule has 4 aromatic rings. The Balaban J connectivity index is 1.46. The number of nitrogens with zero attached hydrogens (tertiary/aromatic N) is 2. The smallest absolute Gasteiger partial charge is 0.0780 e. The first kappa shape index (κ1) is 18.0. The molecule has 29 heavy (non-hydrogen) atoms. The van der Waals surface area contributed by atoms with Gasteiger partial charge < -0.3 is 5.32 Å². The minimum absolute atomic E-state index is 1.01. The van der Waals surface area contributed by atoms with Crippen molar-refractivity contribution in [2.24, 2.45) is 0 Å². The van der Waals surface area contributed by atoms with Crippen LogP contribution in [0, 0.1) is 0 Å². The van der Waals surface area contributed by atoms with Gasteiger partial charge in [0, 0.05) is 49.9 Å². The topological polar surface area (TPSA) is 28.2 Å². The molecule has 0 aliphatic carbocycles. The van der Waals surface area contributed by atoms with E-state index in [2.05, 4.69) is 88.0 Å². The zero-order valence-corrected chi connectivity index (χ0v) is 16.5. The molecule has 1 aromatic heterocycles. The van der Waals surface area contributed by atoms with Crippen LogP contribution in [0.5, 0.6) is 0 Å². The van der Waals surface area contributed by atoms with Gasteiger partial charge in [-0.05, 0) is 28.3 Å². The summed E-state index contributed by atoms with van der Waals surface area (Å²) in [5.41, 5.74) is 7.44. The van der Waals surface area contributed by atoms with Crippen molar-refractivity contribution < 1.29 is 0 Å². The summed E-state index contributed by atoms with van der Waals surface area (Å²) in [4.78, 5) is 7.14. The van der Waals surface area contributed by atoms with E-state index >= 15 is 0 Å². The summed E-state index contributed by atoms with van der Waals surface area (Å²) in [6.07, 6.45) is 1.87. The molecular formula is C26H25N3. The average Bonchev–Trinajstić information content (AvgIpc) is 2.80. The number of hydrogen-bond acceptors (Lipinski definition) is 3. The Morgan fingerprint density at radius 2 is 1.41 bits per heavy atom. The average molecular weight is 380 g/mol. The highest BCUT2D eigenvalue weighted by Gasteiger charge is 2.13. The minimum Gasteiger partial charge on any atom is -0.314 e. The second-order valence-electron chi connectivity index (χ2n) is 7.64. The van der Waals surface area contributed by atoms with Crippen LogP contribution >= 0.6 is 0 Å². The van der Waals surface area contributed by atoms with E-state index in [4.69, 9.17) is 0 Å². The summed E-state index contributed by atoms with van der Waals surface area (Å²) >= 11 is 0. The molecule has 0 spiro atoms. The summed E-state index contributed by atoms with van der Waals surface area (Å²) in [6.45, 7) is 5.39. The third kappa shape index (κ3) is 3.80. The summed E-state index contributed by atoms with van der Waals surface area (Å²) in [5, 5.41) is 4.61. The van der Waals surface area contributed by atoms with Crippen LogP contribution in [0.25, 0.3) is 33.2 Å². The fourth-order valence-electron chi connectivity index (χ4n) is 4.22. The van der Waals surface area contributed by atoms with Gasteiger partial charge in [0.2, 0.25) is 0 Å². The molecule has 1 aliphatic heterocycles. The number of pyridine rings is 1. The van der Waals surface area contributed by atoms with Crippen molar-refractivity contribution in [1.29, 1.82) is 0 Å². The fraction of sp³-hybridized carbons (Fsp3) is 0.192. The maximum absolute atomic E-state index is 4.61. The number of rotatable bonds is 4. The van der Waals surface area contributed by atoms with Gasteiger partial charge in [-0.1, -0.05) is 72.8 Å². The monoisotopic (exact) mass is 379 g/mol. The van der Waals surface area contributed by atoms with Crippen molar-refractivity contribution in [3.8, 4) is 22.3 Å². The lowest BCUT2D eigenvalue weighted by atomic mass is 9.96. The molecule has 2 heterocycles. The maximum atomic E-state index is 4.61. The van der Waals surface area contributed by atoms with Crippen LogP contribution in [0.2, 0.25) is 0 Å². The Kier molecular flexibility index (Phi) is 5.08.